The lowest BCUT2D eigenvalue weighted by Crippen LogP contribution is -2.20. The van der Waals surface area contributed by atoms with E-state index in [0.29, 0.717) is 27.3 Å². The number of aryl methyl sites for hydroxylation is 1. The van der Waals surface area contributed by atoms with E-state index in [4.69, 9.17) is 34.8 Å². The number of rotatable bonds is 6. The molecule has 4 heterocycles. The molecule has 0 bridgehead atoms. The first-order chi connectivity index (χ1) is 16.4. The molecular formula is C23H17Cl3N6OS. The maximum absolute atomic E-state index is 12.8. The summed E-state index contributed by atoms with van der Waals surface area (Å²) in [7, 11) is 0. The van der Waals surface area contributed by atoms with Crippen molar-refractivity contribution in [2.45, 2.75) is 20.0 Å². The third-order valence-corrected chi connectivity index (χ3v) is 6.98. The van der Waals surface area contributed by atoms with Crippen molar-refractivity contribution >= 4 is 68.9 Å². The van der Waals surface area contributed by atoms with E-state index in [1.165, 1.54) is 0 Å². The zero-order valence-corrected chi connectivity index (χ0v) is 20.9. The van der Waals surface area contributed by atoms with Crippen LogP contribution in [0.5, 0.6) is 0 Å². The predicted octanol–water partition coefficient (Wildman–Crippen LogP) is 6.31. The number of benzene rings is 1. The summed E-state index contributed by atoms with van der Waals surface area (Å²) < 4.78 is 3.20. The molecule has 0 spiro atoms. The van der Waals surface area contributed by atoms with Crippen molar-refractivity contribution in [1.82, 2.24) is 24.5 Å². The highest BCUT2D eigenvalue weighted by molar-refractivity contribution is 7.13. The molecule has 0 fully saturated rings. The first-order valence-corrected chi connectivity index (χ1v) is 12.2. The Balaban J connectivity index is 1.35. The van der Waals surface area contributed by atoms with Gasteiger partial charge in [-0.15, -0.1) is 11.3 Å². The van der Waals surface area contributed by atoms with E-state index in [9.17, 15) is 4.79 Å². The molecule has 1 aromatic carbocycles. The van der Waals surface area contributed by atoms with Crippen LogP contribution in [0.3, 0.4) is 0 Å². The third-order valence-electron chi connectivity index (χ3n) is 5.21. The summed E-state index contributed by atoms with van der Waals surface area (Å²) in [5, 5.41) is 16.1. The van der Waals surface area contributed by atoms with Crippen LogP contribution in [0.25, 0.3) is 21.5 Å². The van der Waals surface area contributed by atoms with Crippen LogP contribution >= 0.6 is 46.1 Å². The zero-order chi connectivity index (χ0) is 23.8. The van der Waals surface area contributed by atoms with Crippen molar-refractivity contribution in [3.05, 3.63) is 80.5 Å². The average Bonchev–Trinajstić information content (AvgIpc) is 3.51. The van der Waals surface area contributed by atoms with Gasteiger partial charge in [0.15, 0.2) is 11.5 Å². The molecule has 4 aromatic heterocycles. The van der Waals surface area contributed by atoms with E-state index in [1.807, 2.05) is 30.5 Å². The number of carbonyl (C=O) groups excluding carboxylic acids is 1. The molecule has 0 radical (unpaired) electrons. The highest BCUT2D eigenvalue weighted by Gasteiger charge is 2.18. The number of hydrogen-bond acceptors (Lipinski definition) is 5. The lowest BCUT2D eigenvalue weighted by atomic mass is 10.1. The van der Waals surface area contributed by atoms with Gasteiger partial charge in [-0.2, -0.15) is 10.2 Å². The number of nitrogens with zero attached hydrogens (tertiary/aromatic N) is 5. The van der Waals surface area contributed by atoms with Crippen molar-refractivity contribution in [3.8, 4) is 10.4 Å². The van der Waals surface area contributed by atoms with Crippen molar-refractivity contribution < 1.29 is 4.79 Å². The minimum absolute atomic E-state index is 0.0303. The van der Waals surface area contributed by atoms with Crippen LogP contribution in [0.2, 0.25) is 15.1 Å². The van der Waals surface area contributed by atoms with E-state index in [2.05, 4.69) is 26.6 Å². The highest BCUT2D eigenvalue weighted by Crippen LogP contribution is 2.32. The molecule has 0 aliphatic heterocycles. The van der Waals surface area contributed by atoms with Crippen LogP contribution in [0.15, 0.2) is 54.2 Å². The number of pyridine rings is 1. The molecule has 0 atom stereocenters. The monoisotopic (exact) mass is 530 g/mol. The molecule has 1 N–H and O–H groups in total. The number of nitrogens with one attached hydrogen (secondary N) is 1. The zero-order valence-electron chi connectivity index (χ0n) is 17.8. The SMILES string of the molecule is Cc1nn(CC(=O)Nc2nn(Cc3ccc(Cl)cc3Cl)cc2Cl)c2nccc(-c3cccs3)c12. The summed E-state index contributed by atoms with van der Waals surface area (Å²) in [5.74, 6) is -0.0541. The van der Waals surface area contributed by atoms with Gasteiger partial charge in [-0.3, -0.25) is 9.48 Å². The van der Waals surface area contributed by atoms with Crippen molar-refractivity contribution in [1.29, 1.82) is 0 Å². The van der Waals surface area contributed by atoms with Gasteiger partial charge in [-0.1, -0.05) is 46.9 Å². The molecule has 34 heavy (non-hydrogen) atoms. The van der Waals surface area contributed by atoms with Crippen LogP contribution in [-0.4, -0.2) is 30.5 Å². The van der Waals surface area contributed by atoms with Gasteiger partial charge >= 0.3 is 0 Å². The number of amides is 1. The summed E-state index contributed by atoms with van der Waals surface area (Å²) in [6.07, 6.45) is 3.36. The summed E-state index contributed by atoms with van der Waals surface area (Å²) in [4.78, 5) is 18.4. The van der Waals surface area contributed by atoms with Crippen molar-refractivity contribution in [2.24, 2.45) is 0 Å². The first-order valence-electron chi connectivity index (χ1n) is 10.2. The quantitative estimate of drug-likeness (QED) is 0.278. The molecule has 1 amide bonds. The van der Waals surface area contributed by atoms with Gasteiger partial charge in [-0.25, -0.2) is 9.67 Å². The Morgan fingerprint density at radius 1 is 1.12 bits per heavy atom. The number of hydrogen-bond donors (Lipinski definition) is 1. The van der Waals surface area contributed by atoms with Gasteiger partial charge in [0.1, 0.15) is 11.6 Å². The molecule has 0 saturated heterocycles. The molecule has 11 heteroatoms. The Morgan fingerprint density at radius 2 is 1.97 bits per heavy atom. The smallest absolute Gasteiger partial charge is 0.247 e. The molecule has 172 valence electrons. The maximum Gasteiger partial charge on any atom is 0.247 e. The number of anilines is 1. The van der Waals surface area contributed by atoms with Crippen LogP contribution in [0, 0.1) is 6.92 Å². The Labute approximate surface area is 213 Å². The fraction of sp³-hybridized carbons (Fsp3) is 0.130. The second-order valence-corrected chi connectivity index (χ2v) is 9.78. The fourth-order valence-electron chi connectivity index (χ4n) is 3.72. The number of thiophene rings is 1. The lowest BCUT2D eigenvalue weighted by Gasteiger charge is -2.06. The summed E-state index contributed by atoms with van der Waals surface area (Å²) in [6, 6.07) is 11.3. The van der Waals surface area contributed by atoms with Crippen LogP contribution in [0.4, 0.5) is 5.82 Å². The number of halogens is 3. The van der Waals surface area contributed by atoms with Gasteiger partial charge in [0.25, 0.3) is 0 Å². The fourth-order valence-corrected chi connectivity index (χ4v) is 5.15. The second-order valence-electron chi connectivity index (χ2n) is 7.58. The van der Waals surface area contributed by atoms with Gasteiger partial charge in [-0.05, 0) is 42.1 Å². The largest absolute Gasteiger partial charge is 0.306 e. The molecule has 0 aliphatic carbocycles. The van der Waals surface area contributed by atoms with Crippen LogP contribution in [-0.2, 0) is 17.9 Å². The van der Waals surface area contributed by atoms with Crippen LogP contribution in [0.1, 0.15) is 11.3 Å². The molecule has 5 rings (SSSR count). The standard InChI is InChI=1S/C23H17Cl3N6OS/c1-13-21-16(19-3-2-8-34-19)6-7-27-23(21)32(29-13)12-20(33)28-22-18(26)11-31(30-22)10-14-4-5-15(24)9-17(14)25/h2-9,11H,10,12H2,1H3,(H,28,30,33). The maximum atomic E-state index is 12.8. The Morgan fingerprint density at radius 3 is 2.74 bits per heavy atom. The van der Waals surface area contributed by atoms with E-state index < -0.39 is 0 Å². The molecule has 7 nitrogen and oxygen atoms in total. The number of carbonyl (C=O) groups is 1. The van der Waals surface area contributed by atoms with E-state index in [0.717, 1.165) is 27.1 Å². The minimum atomic E-state index is -0.315. The molecule has 0 unspecified atom stereocenters. The summed E-state index contributed by atoms with van der Waals surface area (Å²) in [6.45, 7) is 2.26. The summed E-state index contributed by atoms with van der Waals surface area (Å²) >= 11 is 20.2. The van der Waals surface area contributed by atoms with Crippen molar-refractivity contribution in [3.63, 3.8) is 0 Å². The Bertz CT molecular complexity index is 1510. The third kappa shape index (κ3) is 4.54. The normalized spacial score (nSPS) is 11.3. The predicted molar refractivity (Wildman–Crippen MR) is 137 cm³/mol. The highest BCUT2D eigenvalue weighted by atomic mass is 35.5. The Kier molecular flexibility index (Phi) is 6.31. The topological polar surface area (TPSA) is 77.6 Å². The van der Waals surface area contributed by atoms with Crippen LogP contribution < -0.4 is 5.32 Å². The Hall–Kier alpha value is -2.91. The number of aromatic nitrogens is 5. The lowest BCUT2D eigenvalue weighted by molar-refractivity contribution is -0.116. The molecule has 0 aliphatic rings. The van der Waals surface area contributed by atoms with Gasteiger partial charge in [0.2, 0.25) is 5.91 Å². The first kappa shape index (κ1) is 22.9. The van der Waals surface area contributed by atoms with Gasteiger partial charge in [0.05, 0.1) is 17.6 Å². The van der Waals surface area contributed by atoms with Gasteiger partial charge in [0, 0.05) is 32.9 Å². The summed E-state index contributed by atoms with van der Waals surface area (Å²) in [5.41, 5.74) is 3.33. The molecule has 5 aromatic rings. The second kappa shape index (κ2) is 9.38. The van der Waals surface area contributed by atoms with E-state index in [-0.39, 0.29) is 18.3 Å². The van der Waals surface area contributed by atoms with E-state index in [1.54, 1.807) is 45.2 Å². The van der Waals surface area contributed by atoms with Crippen molar-refractivity contribution in [2.75, 3.05) is 5.32 Å². The van der Waals surface area contributed by atoms with Gasteiger partial charge < -0.3 is 5.32 Å². The minimum Gasteiger partial charge on any atom is -0.306 e. The average molecular weight is 532 g/mol. The molecule has 0 saturated carbocycles. The molecular weight excluding hydrogens is 515 g/mol. The number of fused-ring (bicyclic) bond motifs is 1. The van der Waals surface area contributed by atoms with E-state index >= 15 is 0 Å².